The van der Waals surface area contributed by atoms with Crippen LogP contribution in [0.1, 0.15) is 12.6 Å². The van der Waals surface area contributed by atoms with Crippen LogP contribution < -0.4 is 11.4 Å². The van der Waals surface area contributed by atoms with Gasteiger partial charge >= 0.3 is 29.2 Å². The van der Waals surface area contributed by atoms with Gasteiger partial charge in [-0.15, -0.1) is 0 Å². The minimum atomic E-state index is -5.66. The van der Waals surface area contributed by atoms with E-state index in [2.05, 4.69) is 23.1 Å². The van der Waals surface area contributed by atoms with E-state index in [0.29, 0.717) is 5.39 Å². The van der Waals surface area contributed by atoms with E-state index in [9.17, 15) is 28.5 Å². The van der Waals surface area contributed by atoms with Crippen LogP contribution in [-0.2, 0) is 31.6 Å². The molecule has 3 heterocycles. The van der Waals surface area contributed by atoms with E-state index in [0.717, 1.165) is 0 Å². The number of aromatic nitrogens is 3. The second kappa shape index (κ2) is 8.48. The summed E-state index contributed by atoms with van der Waals surface area (Å²) in [7, 11) is -16.5. The Bertz CT molecular complexity index is 1170. The first kappa shape index (κ1) is 24.2. The highest BCUT2D eigenvalue weighted by Crippen LogP contribution is 2.66. The molecule has 8 N–H and O–H groups in total. The SMILES string of the molecule is Nc1[nH]c(=O)nc2c1ccn2[C@H]1C[C@H](O)[C@@H](COP(=O)(O)OP(=O)(O)OP(=O)(O)O)O1. The zero-order valence-electron chi connectivity index (χ0n) is 15.1. The summed E-state index contributed by atoms with van der Waals surface area (Å²) in [5.74, 6) is 0.0662. The van der Waals surface area contributed by atoms with Crippen molar-refractivity contribution in [2.24, 2.45) is 0 Å². The number of nitrogens with two attached hydrogens (primary N) is 1. The summed E-state index contributed by atoms with van der Waals surface area (Å²) in [4.78, 5) is 53.3. The number of nitrogen functional groups attached to an aromatic ring is 1. The Balaban J connectivity index is 1.67. The lowest BCUT2D eigenvalue weighted by atomic mass is 10.2. The van der Waals surface area contributed by atoms with Crippen LogP contribution >= 0.6 is 23.5 Å². The maximum atomic E-state index is 11.8. The van der Waals surface area contributed by atoms with Crippen molar-refractivity contribution in [2.75, 3.05) is 12.3 Å². The van der Waals surface area contributed by atoms with Gasteiger partial charge in [0, 0.05) is 12.6 Å². The molecule has 17 nitrogen and oxygen atoms in total. The standard InChI is InChI=1S/C11H17N4O13P3/c12-9-5-1-2-15(10(5)14-11(17)13-9)8-3-6(16)7(26-8)4-25-30(21,22)28-31(23,24)27-29(18,19)20/h1-2,6-8,16H,3-4H2,(H,21,22)(H,23,24)(H2,18,19,20)(H3,12,13,14,17)/t6-,7+,8+/m0/s1. The molecular formula is C11H17N4O13P3. The molecular weight excluding hydrogens is 489 g/mol. The number of nitrogens with one attached hydrogen (secondary N) is 1. The molecule has 5 atom stereocenters. The van der Waals surface area contributed by atoms with E-state index in [1.54, 1.807) is 6.07 Å². The average Bonchev–Trinajstić information content (AvgIpc) is 3.13. The van der Waals surface area contributed by atoms with Gasteiger partial charge in [0.15, 0.2) is 5.65 Å². The lowest BCUT2D eigenvalue weighted by Crippen LogP contribution is -2.26. The molecule has 0 aliphatic carbocycles. The highest BCUT2D eigenvalue weighted by atomic mass is 31.3. The highest BCUT2D eigenvalue weighted by Gasteiger charge is 2.43. The number of aromatic amines is 1. The monoisotopic (exact) mass is 506 g/mol. The predicted molar refractivity (Wildman–Crippen MR) is 99.1 cm³/mol. The highest BCUT2D eigenvalue weighted by molar-refractivity contribution is 7.66. The Morgan fingerprint density at radius 2 is 1.90 bits per heavy atom. The number of ether oxygens (including phenoxy) is 1. The van der Waals surface area contributed by atoms with E-state index >= 15 is 0 Å². The molecule has 0 saturated carbocycles. The Kier molecular flexibility index (Phi) is 6.62. The fraction of sp³-hybridized carbons (Fsp3) is 0.455. The number of hydrogen-bond donors (Lipinski definition) is 7. The fourth-order valence-electron chi connectivity index (χ4n) is 2.81. The van der Waals surface area contributed by atoms with E-state index in [1.165, 1.54) is 10.8 Å². The number of hydrogen-bond acceptors (Lipinski definition) is 11. The van der Waals surface area contributed by atoms with Gasteiger partial charge in [-0.2, -0.15) is 13.6 Å². The number of rotatable bonds is 8. The fourth-order valence-corrected chi connectivity index (χ4v) is 5.84. The summed E-state index contributed by atoms with van der Waals surface area (Å²) >= 11 is 0. The Morgan fingerprint density at radius 3 is 2.55 bits per heavy atom. The molecule has 3 rings (SSSR count). The van der Waals surface area contributed by atoms with E-state index < -0.39 is 54.2 Å². The smallest absolute Gasteiger partial charge is 0.390 e. The van der Waals surface area contributed by atoms with Crippen molar-refractivity contribution in [2.45, 2.75) is 24.9 Å². The molecule has 1 aliphatic heterocycles. The molecule has 0 aromatic carbocycles. The number of aliphatic hydroxyl groups excluding tert-OH is 1. The predicted octanol–water partition coefficient (Wildman–Crippen LogP) is -0.702. The van der Waals surface area contributed by atoms with Crippen LogP contribution in [0.4, 0.5) is 5.82 Å². The number of anilines is 1. The van der Waals surface area contributed by atoms with Crippen molar-refractivity contribution in [3.05, 3.63) is 22.7 Å². The minimum Gasteiger partial charge on any atom is -0.390 e. The Morgan fingerprint density at radius 1 is 1.23 bits per heavy atom. The molecule has 0 amide bonds. The average molecular weight is 506 g/mol. The Hall–Kier alpha value is -1.45. The molecule has 20 heteroatoms. The first-order valence-electron chi connectivity index (χ1n) is 8.14. The minimum absolute atomic E-state index is 0.0530. The van der Waals surface area contributed by atoms with Gasteiger partial charge in [0.2, 0.25) is 0 Å². The maximum absolute atomic E-state index is 11.8. The van der Waals surface area contributed by atoms with Crippen LogP contribution in [0.3, 0.4) is 0 Å². The van der Waals surface area contributed by atoms with Crippen LogP contribution in [0.15, 0.2) is 17.1 Å². The second-order valence-electron chi connectivity index (χ2n) is 6.23. The van der Waals surface area contributed by atoms with Gasteiger partial charge < -0.3 is 39.7 Å². The van der Waals surface area contributed by atoms with Gasteiger partial charge in [0.25, 0.3) is 0 Å². The van der Waals surface area contributed by atoms with Gasteiger partial charge in [0.1, 0.15) is 18.1 Å². The van der Waals surface area contributed by atoms with Gasteiger partial charge in [-0.25, -0.2) is 18.5 Å². The zero-order valence-corrected chi connectivity index (χ0v) is 17.8. The number of H-pyrrole nitrogens is 1. The molecule has 1 saturated heterocycles. The topological polar surface area (TPSA) is 266 Å². The third-order valence-electron chi connectivity index (χ3n) is 3.96. The van der Waals surface area contributed by atoms with Crippen LogP contribution in [0, 0.1) is 0 Å². The normalized spacial score (nSPS) is 26.0. The molecule has 2 unspecified atom stereocenters. The summed E-state index contributed by atoms with van der Waals surface area (Å²) in [6.07, 6.45) is -1.91. The van der Waals surface area contributed by atoms with Gasteiger partial charge in [-0.3, -0.25) is 9.51 Å². The molecule has 0 bridgehead atoms. The lowest BCUT2D eigenvalue weighted by molar-refractivity contribution is -0.0421. The number of phosphoric ester groups is 1. The van der Waals surface area contributed by atoms with E-state index in [-0.39, 0.29) is 17.9 Å². The molecule has 31 heavy (non-hydrogen) atoms. The number of aliphatic hydroxyl groups is 1. The van der Waals surface area contributed by atoms with Crippen molar-refractivity contribution in [1.29, 1.82) is 0 Å². The first-order valence-corrected chi connectivity index (χ1v) is 12.7. The lowest BCUT2D eigenvalue weighted by Gasteiger charge is -2.19. The van der Waals surface area contributed by atoms with Crippen molar-refractivity contribution in [3.63, 3.8) is 0 Å². The van der Waals surface area contributed by atoms with Crippen LogP contribution in [0.5, 0.6) is 0 Å². The summed E-state index contributed by atoms with van der Waals surface area (Å²) in [5.41, 5.74) is 5.16. The quantitative estimate of drug-likeness (QED) is 0.218. The summed E-state index contributed by atoms with van der Waals surface area (Å²) in [5, 5.41) is 10.6. The largest absolute Gasteiger partial charge is 0.490 e. The number of fused-ring (bicyclic) bond motifs is 1. The van der Waals surface area contributed by atoms with Crippen LogP contribution in [-0.4, -0.2) is 58.0 Å². The molecule has 1 fully saturated rings. The molecule has 1 aliphatic rings. The van der Waals surface area contributed by atoms with E-state index in [1.807, 2.05) is 0 Å². The van der Waals surface area contributed by atoms with E-state index in [4.69, 9.17) is 25.2 Å². The molecule has 2 aromatic heterocycles. The molecule has 2 aromatic rings. The number of nitrogens with zero attached hydrogens (tertiary/aromatic N) is 2. The van der Waals surface area contributed by atoms with Crippen molar-refractivity contribution < 1.29 is 56.3 Å². The molecule has 174 valence electrons. The first-order chi connectivity index (χ1) is 14.2. The zero-order chi connectivity index (χ0) is 23.2. The third-order valence-corrected chi connectivity index (χ3v) is 7.76. The van der Waals surface area contributed by atoms with Crippen molar-refractivity contribution >= 4 is 40.3 Å². The second-order valence-corrected chi connectivity index (χ2v) is 10.7. The summed E-state index contributed by atoms with van der Waals surface area (Å²) in [6, 6.07) is 1.54. The molecule has 0 spiro atoms. The summed E-state index contributed by atoms with van der Waals surface area (Å²) in [6.45, 7) is -0.823. The van der Waals surface area contributed by atoms with Gasteiger partial charge in [-0.1, -0.05) is 0 Å². The third kappa shape index (κ3) is 6.08. The molecule has 0 radical (unpaired) electrons. The van der Waals surface area contributed by atoms with Gasteiger partial charge in [0.05, 0.1) is 18.1 Å². The summed E-state index contributed by atoms with van der Waals surface area (Å²) < 4.78 is 52.3. The van der Waals surface area contributed by atoms with Crippen molar-refractivity contribution in [3.8, 4) is 0 Å². The van der Waals surface area contributed by atoms with Crippen molar-refractivity contribution in [1.82, 2.24) is 14.5 Å². The number of phosphoric acid groups is 3. The van der Waals surface area contributed by atoms with Gasteiger partial charge in [-0.05, 0) is 6.07 Å². The van der Waals surface area contributed by atoms with Crippen LogP contribution in [0.25, 0.3) is 11.0 Å². The van der Waals surface area contributed by atoms with Crippen LogP contribution in [0.2, 0.25) is 0 Å². The maximum Gasteiger partial charge on any atom is 0.490 e. The Labute approximate surface area is 171 Å².